The molecule has 2 N–H and O–H groups in total. The monoisotopic (exact) mass is 522 g/mol. The van der Waals surface area contributed by atoms with Gasteiger partial charge in [0.1, 0.15) is 11.5 Å². The maximum Gasteiger partial charge on any atom is 0.117 e. The van der Waals surface area contributed by atoms with E-state index in [2.05, 4.69) is 41.4 Å². The number of phenolic OH excluding ortho intramolecular Hbond substituents is 2. The molecule has 0 bridgehead atoms. The standard InChI is InChI=1S/C29H18N2O2S3/c1-30-20-7-12(32)3-5-14(20)17-9-18-16-10-23-19(11-22(16)34-27(18)25(17)30)26-29(36-23)28-24(31(26)2)15-6-4-13(33)8-21(15)35-28/h3-8,10-11,32-33H,9H2,1-2H3. The molecule has 0 radical (unpaired) electrons. The lowest BCUT2D eigenvalue weighted by atomic mass is 10.1. The minimum atomic E-state index is 0.314. The normalized spacial score (nSPS) is 13.4. The number of rotatable bonds is 0. The van der Waals surface area contributed by atoms with Gasteiger partial charge in [-0.15, -0.1) is 34.0 Å². The van der Waals surface area contributed by atoms with Gasteiger partial charge in [-0.3, -0.25) is 0 Å². The highest BCUT2D eigenvalue weighted by atomic mass is 32.1. The Bertz CT molecular complexity index is 2290. The number of fused-ring (bicyclic) bond motifs is 14. The third-order valence-corrected chi connectivity index (χ3v) is 11.6. The molecule has 0 amide bonds. The Balaban J connectivity index is 1.33. The Morgan fingerprint density at radius 2 is 1.28 bits per heavy atom. The van der Waals surface area contributed by atoms with Gasteiger partial charge in [0.15, 0.2) is 0 Å². The van der Waals surface area contributed by atoms with Crippen molar-refractivity contribution in [3.63, 3.8) is 0 Å². The van der Waals surface area contributed by atoms with Gasteiger partial charge in [0.05, 0.1) is 36.5 Å². The molecule has 0 saturated heterocycles. The summed E-state index contributed by atoms with van der Waals surface area (Å²) in [5.74, 6) is 0.635. The Kier molecular flexibility index (Phi) is 3.40. The first-order valence-electron chi connectivity index (χ1n) is 11.8. The first kappa shape index (κ1) is 19.6. The van der Waals surface area contributed by atoms with E-state index in [1.165, 1.54) is 73.1 Å². The summed E-state index contributed by atoms with van der Waals surface area (Å²) in [7, 11) is 4.29. The number of hydrogen-bond donors (Lipinski definition) is 2. The lowest BCUT2D eigenvalue weighted by Crippen LogP contribution is -1.89. The van der Waals surface area contributed by atoms with E-state index < -0.39 is 0 Å². The average molecular weight is 523 g/mol. The second kappa shape index (κ2) is 6.24. The quantitative estimate of drug-likeness (QED) is 0.210. The van der Waals surface area contributed by atoms with Gasteiger partial charge >= 0.3 is 0 Å². The number of nitrogens with zero attached hydrogens (tertiary/aromatic N) is 2. The summed E-state index contributed by atoms with van der Waals surface area (Å²) in [5, 5.41) is 25.2. The van der Waals surface area contributed by atoms with Gasteiger partial charge in [0, 0.05) is 56.8 Å². The van der Waals surface area contributed by atoms with Crippen molar-refractivity contribution < 1.29 is 10.2 Å². The third kappa shape index (κ3) is 2.17. The topological polar surface area (TPSA) is 50.3 Å². The number of aromatic nitrogens is 2. The summed E-state index contributed by atoms with van der Waals surface area (Å²) in [5.41, 5.74) is 7.78. The molecule has 0 atom stereocenters. The predicted octanol–water partition coefficient (Wildman–Crippen LogP) is 8.45. The van der Waals surface area contributed by atoms with Crippen LogP contribution >= 0.6 is 34.0 Å². The first-order chi connectivity index (χ1) is 17.5. The molecule has 36 heavy (non-hydrogen) atoms. The molecule has 8 aromatic rings. The van der Waals surface area contributed by atoms with Crippen molar-refractivity contribution in [2.75, 3.05) is 0 Å². The Labute approximate surface area is 216 Å². The van der Waals surface area contributed by atoms with Crippen molar-refractivity contribution in [1.82, 2.24) is 9.13 Å². The molecular formula is C29H18N2O2S3. The van der Waals surface area contributed by atoms with E-state index in [0.29, 0.717) is 11.5 Å². The predicted molar refractivity (Wildman–Crippen MR) is 155 cm³/mol. The fourth-order valence-electron chi connectivity index (χ4n) is 6.40. The molecule has 5 heterocycles. The van der Waals surface area contributed by atoms with Gasteiger partial charge in [-0.25, -0.2) is 0 Å². The van der Waals surface area contributed by atoms with E-state index in [9.17, 15) is 10.2 Å². The maximum atomic E-state index is 10.0. The summed E-state index contributed by atoms with van der Waals surface area (Å²) >= 11 is 5.56. The minimum absolute atomic E-state index is 0.314. The zero-order valence-electron chi connectivity index (χ0n) is 19.3. The van der Waals surface area contributed by atoms with Gasteiger partial charge < -0.3 is 19.3 Å². The maximum absolute atomic E-state index is 10.0. The Morgan fingerprint density at radius 3 is 2.08 bits per heavy atom. The molecule has 3 aromatic carbocycles. The van der Waals surface area contributed by atoms with Crippen LogP contribution in [0.3, 0.4) is 0 Å². The van der Waals surface area contributed by atoms with Crippen LogP contribution < -0.4 is 0 Å². The lowest BCUT2D eigenvalue weighted by Gasteiger charge is -2.02. The van der Waals surface area contributed by atoms with E-state index >= 15 is 0 Å². The van der Waals surface area contributed by atoms with Crippen molar-refractivity contribution in [1.29, 1.82) is 0 Å². The molecule has 0 unspecified atom stereocenters. The van der Waals surface area contributed by atoms with Crippen LogP contribution in [-0.4, -0.2) is 19.3 Å². The lowest BCUT2D eigenvalue weighted by molar-refractivity contribution is 0.475. The van der Waals surface area contributed by atoms with E-state index in [4.69, 9.17) is 0 Å². The summed E-state index contributed by atoms with van der Waals surface area (Å²) in [6.45, 7) is 0. The van der Waals surface area contributed by atoms with Gasteiger partial charge in [0.2, 0.25) is 0 Å². The number of benzene rings is 3. The smallest absolute Gasteiger partial charge is 0.117 e. The minimum Gasteiger partial charge on any atom is -0.508 e. The van der Waals surface area contributed by atoms with Gasteiger partial charge in [-0.2, -0.15) is 0 Å². The molecule has 4 nitrogen and oxygen atoms in total. The van der Waals surface area contributed by atoms with Crippen LogP contribution in [0.5, 0.6) is 11.5 Å². The summed E-state index contributed by atoms with van der Waals surface area (Å²) < 4.78 is 11.0. The van der Waals surface area contributed by atoms with Crippen LogP contribution in [0.1, 0.15) is 11.1 Å². The number of hydrogen-bond acceptors (Lipinski definition) is 5. The largest absolute Gasteiger partial charge is 0.508 e. The molecular weight excluding hydrogens is 505 g/mol. The van der Waals surface area contributed by atoms with Crippen molar-refractivity contribution >= 4 is 95.6 Å². The molecule has 174 valence electrons. The molecule has 0 fully saturated rings. The fourth-order valence-corrected chi connectivity index (χ4v) is 10.4. The van der Waals surface area contributed by atoms with Crippen LogP contribution in [0.15, 0.2) is 48.5 Å². The van der Waals surface area contributed by atoms with Crippen molar-refractivity contribution in [3.05, 3.63) is 59.7 Å². The Hall–Kier alpha value is -3.52. The third-order valence-electron chi connectivity index (χ3n) is 7.96. The molecule has 7 heteroatoms. The SMILES string of the molecule is Cn1c2c(c3ccc(O)cc31)Cc1c-2sc2cc3c(cc12)sc1c2sc4cc(O)ccc4c2n(C)c31. The second-order valence-corrected chi connectivity index (χ2v) is 13.0. The second-order valence-electron chi connectivity index (χ2n) is 9.82. The molecule has 9 rings (SSSR count). The van der Waals surface area contributed by atoms with Gasteiger partial charge in [-0.1, -0.05) is 0 Å². The van der Waals surface area contributed by atoms with Crippen LogP contribution in [0.4, 0.5) is 0 Å². The van der Waals surface area contributed by atoms with Crippen molar-refractivity contribution in [3.8, 4) is 22.1 Å². The van der Waals surface area contributed by atoms with Crippen molar-refractivity contribution in [2.24, 2.45) is 14.1 Å². The average Bonchev–Trinajstić information content (AvgIpc) is 3.65. The summed E-state index contributed by atoms with van der Waals surface area (Å²) in [4.78, 5) is 1.37. The zero-order chi connectivity index (χ0) is 24.0. The highest BCUT2D eigenvalue weighted by Crippen LogP contribution is 2.53. The molecule has 0 saturated carbocycles. The van der Waals surface area contributed by atoms with Gasteiger partial charge in [-0.05, 0) is 59.0 Å². The number of thiophene rings is 3. The fraction of sp³-hybridized carbons (Fsp3) is 0.103. The zero-order valence-corrected chi connectivity index (χ0v) is 21.8. The summed E-state index contributed by atoms with van der Waals surface area (Å²) in [6, 6.07) is 16.2. The highest BCUT2D eigenvalue weighted by molar-refractivity contribution is 7.33. The van der Waals surface area contributed by atoms with Crippen LogP contribution in [0, 0.1) is 0 Å². The molecule has 0 aliphatic heterocycles. The first-order valence-corrected chi connectivity index (χ1v) is 14.2. The molecule has 1 aliphatic rings. The molecule has 5 aromatic heterocycles. The Morgan fingerprint density at radius 1 is 0.639 bits per heavy atom. The highest BCUT2D eigenvalue weighted by Gasteiger charge is 2.30. The number of aryl methyl sites for hydroxylation is 2. The number of aromatic hydroxyl groups is 2. The van der Waals surface area contributed by atoms with Crippen LogP contribution in [0.2, 0.25) is 0 Å². The van der Waals surface area contributed by atoms with E-state index in [-0.39, 0.29) is 0 Å². The van der Waals surface area contributed by atoms with Crippen LogP contribution in [-0.2, 0) is 20.5 Å². The number of phenols is 2. The molecule has 0 spiro atoms. The van der Waals surface area contributed by atoms with Crippen LogP contribution in [0.25, 0.3) is 72.2 Å². The van der Waals surface area contributed by atoms with E-state index in [0.717, 1.165) is 16.6 Å². The van der Waals surface area contributed by atoms with Gasteiger partial charge in [0.25, 0.3) is 0 Å². The summed E-state index contributed by atoms with van der Waals surface area (Å²) in [6.07, 6.45) is 0.938. The van der Waals surface area contributed by atoms with Crippen molar-refractivity contribution in [2.45, 2.75) is 6.42 Å². The van der Waals surface area contributed by atoms with E-state index in [1.54, 1.807) is 23.5 Å². The van der Waals surface area contributed by atoms with E-state index in [1.807, 2.05) is 40.9 Å². The molecule has 1 aliphatic carbocycles.